The van der Waals surface area contributed by atoms with Gasteiger partial charge in [0.05, 0.1) is 29.1 Å². The Labute approximate surface area is 175 Å². The van der Waals surface area contributed by atoms with Gasteiger partial charge in [-0.05, 0) is 50.1 Å². The molecule has 1 aliphatic rings. The summed E-state index contributed by atoms with van der Waals surface area (Å²) < 4.78 is 7.54. The van der Waals surface area contributed by atoms with Crippen LogP contribution < -0.4 is 11.0 Å². The number of carbonyl (C=O) groups excluding carboxylic acids is 1. The molecule has 1 aromatic carbocycles. The van der Waals surface area contributed by atoms with E-state index < -0.39 is 5.25 Å². The number of benzene rings is 1. The lowest BCUT2D eigenvalue weighted by Crippen LogP contribution is -2.23. The number of nitrogens with zero attached hydrogens (tertiary/aromatic N) is 3. The zero-order chi connectivity index (χ0) is 20.7. The molecule has 4 aromatic rings. The smallest absolute Gasteiger partial charge is 0.323 e. The van der Waals surface area contributed by atoms with E-state index in [0.29, 0.717) is 34.3 Å². The van der Waals surface area contributed by atoms with Crippen LogP contribution in [0.2, 0.25) is 0 Å². The predicted molar refractivity (Wildman–Crippen MR) is 113 cm³/mol. The summed E-state index contributed by atoms with van der Waals surface area (Å²) >= 11 is 1.36. The fraction of sp³-hybridized carbons (Fsp3) is 0.300. The number of H-pyrrole nitrogens is 2. The van der Waals surface area contributed by atoms with Crippen LogP contribution in [-0.4, -0.2) is 35.9 Å². The van der Waals surface area contributed by atoms with Crippen LogP contribution in [-0.2, 0) is 11.3 Å². The maximum absolute atomic E-state index is 12.8. The third-order valence-corrected chi connectivity index (χ3v) is 6.10. The minimum Gasteiger partial charge on any atom is -0.467 e. The molecule has 3 aromatic heterocycles. The molecule has 0 spiro atoms. The first-order valence-corrected chi connectivity index (χ1v) is 10.6. The Bertz CT molecular complexity index is 1250. The Hall–Kier alpha value is -3.27. The molecule has 10 heteroatoms. The van der Waals surface area contributed by atoms with Crippen molar-refractivity contribution in [1.82, 2.24) is 24.7 Å². The van der Waals surface area contributed by atoms with E-state index in [1.54, 1.807) is 24.5 Å². The summed E-state index contributed by atoms with van der Waals surface area (Å²) in [5.74, 6) is 2.05. The lowest BCUT2D eigenvalue weighted by molar-refractivity contribution is -0.115. The highest BCUT2D eigenvalue weighted by Crippen LogP contribution is 2.40. The van der Waals surface area contributed by atoms with Gasteiger partial charge in [-0.2, -0.15) is 0 Å². The number of aromatic nitrogens is 5. The molecule has 0 bridgehead atoms. The Balaban J connectivity index is 1.32. The zero-order valence-electron chi connectivity index (χ0n) is 16.2. The quantitative estimate of drug-likeness (QED) is 0.392. The van der Waals surface area contributed by atoms with Gasteiger partial charge in [-0.25, -0.2) is 4.79 Å². The maximum atomic E-state index is 12.8. The second-order valence-corrected chi connectivity index (χ2v) is 8.68. The topological polar surface area (TPSA) is 122 Å². The number of imidazole rings is 1. The third-order valence-electron chi connectivity index (χ3n) is 5.02. The molecule has 1 saturated carbocycles. The number of aromatic amines is 2. The van der Waals surface area contributed by atoms with Crippen molar-refractivity contribution in [3.05, 3.63) is 58.7 Å². The van der Waals surface area contributed by atoms with Gasteiger partial charge >= 0.3 is 5.69 Å². The summed E-state index contributed by atoms with van der Waals surface area (Å²) in [7, 11) is 0. The molecular weight excluding hydrogens is 404 g/mol. The van der Waals surface area contributed by atoms with Crippen LogP contribution in [0.3, 0.4) is 0 Å². The molecule has 0 saturated heterocycles. The second-order valence-electron chi connectivity index (χ2n) is 7.37. The van der Waals surface area contributed by atoms with Crippen molar-refractivity contribution in [3.63, 3.8) is 0 Å². The largest absolute Gasteiger partial charge is 0.467 e. The van der Waals surface area contributed by atoms with Crippen molar-refractivity contribution >= 4 is 34.4 Å². The number of anilines is 1. The first-order chi connectivity index (χ1) is 14.6. The van der Waals surface area contributed by atoms with E-state index in [1.165, 1.54) is 11.8 Å². The van der Waals surface area contributed by atoms with Crippen molar-refractivity contribution in [2.45, 2.75) is 42.6 Å². The molecular formula is C20H20N6O3S. The van der Waals surface area contributed by atoms with Crippen LogP contribution in [0.4, 0.5) is 5.69 Å². The number of hydrogen-bond donors (Lipinski definition) is 3. The van der Waals surface area contributed by atoms with Gasteiger partial charge in [-0.1, -0.05) is 11.8 Å². The first-order valence-electron chi connectivity index (χ1n) is 9.72. The highest BCUT2D eigenvalue weighted by atomic mass is 32.2. The lowest BCUT2D eigenvalue weighted by atomic mass is 10.2. The number of amides is 1. The summed E-state index contributed by atoms with van der Waals surface area (Å²) in [6, 6.07) is 9.01. The molecule has 1 aliphatic carbocycles. The number of furan rings is 1. The minimum absolute atomic E-state index is 0.155. The number of fused-ring (bicyclic) bond motifs is 1. The van der Waals surface area contributed by atoms with Gasteiger partial charge in [0.2, 0.25) is 5.91 Å². The standard InChI is InChI=1S/C20H20N6O3S/c1-11(18(27)21-13-6-7-15-16(9-13)23-19(28)22-15)30-20-25-24-17(12-4-5-12)26(20)10-14-3-2-8-29-14/h2-3,6-9,11-12H,4-5,10H2,1H3,(H,21,27)(H2,22,23,28)/t11-/m0/s1. The Kier molecular flexibility index (Phi) is 4.70. The van der Waals surface area contributed by atoms with Crippen molar-refractivity contribution in [2.24, 2.45) is 0 Å². The monoisotopic (exact) mass is 424 g/mol. The molecule has 30 heavy (non-hydrogen) atoms. The van der Waals surface area contributed by atoms with E-state index in [0.717, 1.165) is 24.4 Å². The van der Waals surface area contributed by atoms with Crippen LogP contribution in [0.15, 0.2) is 51.0 Å². The van der Waals surface area contributed by atoms with Gasteiger partial charge in [0, 0.05) is 11.6 Å². The van der Waals surface area contributed by atoms with Crippen molar-refractivity contribution in [1.29, 1.82) is 0 Å². The van der Waals surface area contributed by atoms with E-state index in [4.69, 9.17) is 4.42 Å². The minimum atomic E-state index is -0.391. The van der Waals surface area contributed by atoms with Crippen LogP contribution in [0.5, 0.6) is 0 Å². The number of hydrogen-bond acceptors (Lipinski definition) is 6. The van der Waals surface area contributed by atoms with Crippen LogP contribution in [0, 0.1) is 0 Å². The van der Waals surface area contributed by atoms with Crippen molar-refractivity contribution in [2.75, 3.05) is 5.32 Å². The van der Waals surface area contributed by atoms with Crippen molar-refractivity contribution < 1.29 is 9.21 Å². The van der Waals surface area contributed by atoms with E-state index in [9.17, 15) is 9.59 Å². The van der Waals surface area contributed by atoms with E-state index in [1.807, 2.05) is 23.6 Å². The molecule has 1 fully saturated rings. The van der Waals surface area contributed by atoms with Gasteiger partial charge in [-0.3, -0.25) is 9.36 Å². The molecule has 0 unspecified atom stereocenters. The van der Waals surface area contributed by atoms with Gasteiger partial charge in [-0.15, -0.1) is 10.2 Å². The summed E-state index contributed by atoms with van der Waals surface area (Å²) in [4.78, 5) is 29.5. The van der Waals surface area contributed by atoms with Crippen molar-refractivity contribution in [3.8, 4) is 0 Å². The van der Waals surface area contributed by atoms with Gasteiger partial charge in [0.15, 0.2) is 5.16 Å². The molecule has 9 nitrogen and oxygen atoms in total. The summed E-state index contributed by atoms with van der Waals surface area (Å²) in [6.07, 6.45) is 3.87. The third kappa shape index (κ3) is 3.78. The Morgan fingerprint density at radius 1 is 1.30 bits per heavy atom. The maximum Gasteiger partial charge on any atom is 0.323 e. The fourth-order valence-corrected chi connectivity index (χ4v) is 4.16. The van der Waals surface area contributed by atoms with Gasteiger partial charge in [0.25, 0.3) is 0 Å². The van der Waals surface area contributed by atoms with Crippen LogP contribution in [0.1, 0.15) is 37.3 Å². The average molecular weight is 424 g/mol. The Morgan fingerprint density at radius 3 is 2.90 bits per heavy atom. The van der Waals surface area contributed by atoms with Crippen LogP contribution in [0.25, 0.3) is 11.0 Å². The fourth-order valence-electron chi connectivity index (χ4n) is 3.30. The molecule has 154 valence electrons. The van der Waals surface area contributed by atoms with Crippen LogP contribution >= 0.6 is 11.8 Å². The molecule has 3 heterocycles. The molecule has 1 atom stereocenters. The van der Waals surface area contributed by atoms with E-state index in [-0.39, 0.29) is 11.6 Å². The zero-order valence-corrected chi connectivity index (χ0v) is 17.0. The SMILES string of the molecule is C[C@H](Sc1nnc(C2CC2)n1Cc1ccco1)C(=O)Nc1ccc2[nH]c(=O)[nH]c2c1. The normalized spacial score (nSPS) is 14.8. The first kappa shape index (κ1) is 18.7. The van der Waals surface area contributed by atoms with E-state index in [2.05, 4.69) is 25.5 Å². The van der Waals surface area contributed by atoms with E-state index >= 15 is 0 Å². The lowest BCUT2D eigenvalue weighted by Gasteiger charge is -2.13. The molecule has 0 aliphatic heterocycles. The van der Waals surface area contributed by atoms with Gasteiger partial charge in [0.1, 0.15) is 11.6 Å². The summed E-state index contributed by atoms with van der Waals surface area (Å²) in [6.45, 7) is 2.37. The predicted octanol–water partition coefficient (Wildman–Crippen LogP) is 3.09. The number of thioether (sulfide) groups is 1. The number of rotatable bonds is 7. The summed E-state index contributed by atoms with van der Waals surface area (Å²) in [5.41, 5.74) is 1.68. The van der Waals surface area contributed by atoms with Gasteiger partial charge < -0.3 is 19.7 Å². The number of carbonyl (C=O) groups is 1. The number of nitrogens with one attached hydrogen (secondary N) is 3. The molecule has 0 radical (unpaired) electrons. The molecule has 1 amide bonds. The highest BCUT2D eigenvalue weighted by Gasteiger charge is 2.31. The Morgan fingerprint density at radius 2 is 2.13 bits per heavy atom. The highest BCUT2D eigenvalue weighted by molar-refractivity contribution is 8.00. The summed E-state index contributed by atoms with van der Waals surface area (Å²) in [5, 5.41) is 11.9. The second kappa shape index (κ2) is 7.52. The molecule has 5 rings (SSSR count). The molecule has 3 N–H and O–H groups in total. The average Bonchev–Trinajstić information content (AvgIpc) is 3.10.